The van der Waals surface area contributed by atoms with Crippen LogP contribution in [0.2, 0.25) is 0 Å². The predicted molar refractivity (Wildman–Crippen MR) is 106 cm³/mol. The Balaban J connectivity index is 0.00000261. The van der Waals surface area contributed by atoms with E-state index >= 15 is 0 Å². The molecule has 2 aromatic carbocycles. The Kier molecular flexibility index (Phi) is 6.59. The number of benzene rings is 2. The second-order valence-corrected chi connectivity index (χ2v) is 8.15. The molecule has 0 aliphatic carbocycles. The maximum atomic E-state index is 12.8. The molecule has 0 amide bonds. The summed E-state index contributed by atoms with van der Waals surface area (Å²) in [6, 6.07) is 10.9. The highest BCUT2D eigenvalue weighted by molar-refractivity contribution is 7.89. The summed E-state index contributed by atoms with van der Waals surface area (Å²) in [5.41, 5.74) is 2.55. The fourth-order valence-corrected chi connectivity index (χ4v) is 4.89. The molecule has 0 spiro atoms. The van der Waals surface area contributed by atoms with Crippen LogP contribution in [0.1, 0.15) is 28.3 Å². The Morgan fingerprint density at radius 2 is 1.85 bits per heavy atom. The monoisotopic (exact) mass is 411 g/mol. The van der Waals surface area contributed by atoms with Gasteiger partial charge in [-0.15, -0.1) is 12.4 Å². The molecule has 2 N–H and O–H groups in total. The van der Waals surface area contributed by atoms with Gasteiger partial charge in [0.2, 0.25) is 10.0 Å². The number of nitrogens with one attached hydrogen (secondary N) is 2. The molecule has 0 bridgehead atoms. The van der Waals surface area contributed by atoms with E-state index in [1.54, 1.807) is 19.1 Å². The first-order valence-electron chi connectivity index (χ1n) is 8.36. The number of hydrogen-bond donors (Lipinski definition) is 2. The van der Waals surface area contributed by atoms with Crippen molar-refractivity contribution in [2.75, 3.05) is 13.1 Å². The Hall–Kier alpha value is -2.00. The molecular formula is C18H22ClN3O4S. The van der Waals surface area contributed by atoms with E-state index in [4.69, 9.17) is 0 Å². The lowest BCUT2D eigenvalue weighted by Crippen LogP contribution is -2.39. The van der Waals surface area contributed by atoms with Crippen molar-refractivity contribution in [3.05, 3.63) is 68.8 Å². The summed E-state index contributed by atoms with van der Waals surface area (Å²) in [4.78, 5) is 10.5. The van der Waals surface area contributed by atoms with Gasteiger partial charge in [0, 0.05) is 18.2 Å². The summed E-state index contributed by atoms with van der Waals surface area (Å²) >= 11 is 0. The third kappa shape index (κ3) is 4.30. The van der Waals surface area contributed by atoms with E-state index in [0.717, 1.165) is 18.5 Å². The molecule has 0 saturated carbocycles. The van der Waals surface area contributed by atoms with Crippen molar-refractivity contribution >= 4 is 28.1 Å². The molecule has 3 rings (SSSR count). The lowest BCUT2D eigenvalue weighted by Gasteiger charge is -2.27. The first kappa shape index (κ1) is 21.3. The second-order valence-electron chi connectivity index (χ2n) is 6.44. The van der Waals surface area contributed by atoms with Gasteiger partial charge in [0.15, 0.2) is 4.90 Å². The minimum atomic E-state index is -4.02. The summed E-state index contributed by atoms with van der Waals surface area (Å²) in [6.45, 7) is 3.99. The van der Waals surface area contributed by atoms with Crippen molar-refractivity contribution in [3.8, 4) is 0 Å². The summed E-state index contributed by atoms with van der Waals surface area (Å²) < 4.78 is 28.2. The number of halogens is 1. The Labute approximate surface area is 164 Å². The van der Waals surface area contributed by atoms with E-state index in [1.807, 2.05) is 24.3 Å². The average molecular weight is 412 g/mol. The topological polar surface area (TPSA) is 101 Å². The molecule has 27 heavy (non-hydrogen) atoms. The third-order valence-corrected chi connectivity index (χ3v) is 6.27. The van der Waals surface area contributed by atoms with E-state index in [9.17, 15) is 18.5 Å². The van der Waals surface area contributed by atoms with Crippen LogP contribution in [-0.4, -0.2) is 26.4 Å². The zero-order valence-corrected chi connectivity index (χ0v) is 16.7. The van der Waals surface area contributed by atoms with Crippen molar-refractivity contribution < 1.29 is 13.3 Å². The number of rotatable bonds is 5. The van der Waals surface area contributed by atoms with Crippen LogP contribution in [0.5, 0.6) is 0 Å². The third-order valence-electron chi connectivity index (χ3n) is 4.67. The quantitative estimate of drug-likeness (QED) is 0.581. The van der Waals surface area contributed by atoms with Gasteiger partial charge in [0.1, 0.15) is 0 Å². The van der Waals surface area contributed by atoms with E-state index in [1.165, 1.54) is 12.5 Å². The highest BCUT2D eigenvalue weighted by Gasteiger charge is 2.31. The second kappa shape index (κ2) is 8.35. The smallest absolute Gasteiger partial charge is 0.292 e. The van der Waals surface area contributed by atoms with E-state index in [-0.39, 0.29) is 35.6 Å². The van der Waals surface area contributed by atoms with Crippen molar-refractivity contribution in [2.24, 2.45) is 0 Å². The van der Waals surface area contributed by atoms with Crippen molar-refractivity contribution in [3.63, 3.8) is 0 Å². The molecule has 0 fully saturated rings. The van der Waals surface area contributed by atoms with E-state index < -0.39 is 14.9 Å². The number of nitro groups is 1. The molecule has 1 aliphatic rings. The van der Waals surface area contributed by atoms with Crippen molar-refractivity contribution in [1.82, 2.24) is 10.0 Å². The van der Waals surface area contributed by atoms with Crippen LogP contribution >= 0.6 is 12.4 Å². The maximum absolute atomic E-state index is 12.8. The summed E-state index contributed by atoms with van der Waals surface area (Å²) in [5.74, 6) is 0. The minimum Gasteiger partial charge on any atom is -0.308 e. The molecule has 146 valence electrons. The highest BCUT2D eigenvalue weighted by Crippen LogP contribution is 2.31. The number of nitrogens with zero attached hydrogens (tertiary/aromatic N) is 1. The molecule has 1 heterocycles. The fourth-order valence-electron chi connectivity index (χ4n) is 3.38. The predicted octanol–water partition coefficient (Wildman–Crippen LogP) is 2.80. The largest absolute Gasteiger partial charge is 0.308 e. The van der Waals surface area contributed by atoms with Crippen LogP contribution < -0.4 is 10.0 Å². The molecule has 0 radical (unpaired) electrons. The first-order chi connectivity index (χ1) is 12.3. The molecule has 1 unspecified atom stereocenters. The van der Waals surface area contributed by atoms with Crippen LogP contribution in [0.25, 0.3) is 0 Å². The standard InChI is InChI=1S/C18H21N3O4S.ClH/c1-12-7-8-13(2)18(17(12)21(22)23)26(24,25)20-11-16-15-6-4-3-5-14(15)9-10-19-16;/h3-8,16,19-20H,9-11H2,1-2H3;1H. The number of sulfonamides is 1. The normalized spacial score (nSPS) is 16.3. The summed E-state index contributed by atoms with van der Waals surface area (Å²) in [7, 11) is -4.02. The van der Waals surface area contributed by atoms with Crippen LogP contribution in [0.4, 0.5) is 5.69 Å². The van der Waals surface area contributed by atoms with Gasteiger partial charge in [0.05, 0.1) is 4.92 Å². The average Bonchev–Trinajstić information content (AvgIpc) is 2.61. The number of aryl methyl sites for hydroxylation is 2. The molecular weight excluding hydrogens is 390 g/mol. The van der Waals surface area contributed by atoms with Crippen LogP contribution in [-0.2, 0) is 16.4 Å². The Bertz CT molecular complexity index is 963. The van der Waals surface area contributed by atoms with Crippen LogP contribution in [0, 0.1) is 24.0 Å². The number of hydrogen-bond acceptors (Lipinski definition) is 5. The van der Waals surface area contributed by atoms with Gasteiger partial charge in [-0.25, -0.2) is 13.1 Å². The molecule has 1 atom stereocenters. The van der Waals surface area contributed by atoms with Gasteiger partial charge in [-0.2, -0.15) is 0 Å². The number of nitro benzene ring substituents is 1. The van der Waals surface area contributed by atoms with E-state index in [0.29, 0.717) is 11.1 Å². The van der Waals surface area contributed by atoms with Gasteiger partial charge in [-0.1, -0.05) is 36.4 Å². The summed E-state index contributed by atoms with van der Waals surface area (Å²) in [6.07, 6.45) is 0.891. The van der Waals surface area contributed by atoms with Crippen molar-refractivity contribution in [2.45, 2.75) is 31.2 Å². The molecule has 9 heteroatoms. The summed E-state index contributed by atoms with van der Waals surface area (Å²) in [5, 5.41) is 14.7. The fraction of sp³-hybridized carbons (Fsp3) is 0.333. The first-order valence-corrected chi connectivity index (χ1v) is 9.85. The Morgan fingerprint density at radius 1 is 1.19 bits per heavy atom. The minimum absolute atomic E-state index is 0. The zero-order chi connectivity index (χ0) is 18.9. The molecule has 7 nitrogen and oxygen atoms in total. The Morgan fingerprint density at radius 3 is 2.56 bits per heavy atom. The van der Waals surface area contributed by atoms with Gasteiger partial charge in [-0.05, 0) is 43.5 Å². The maximum Gasteiger partial charge on any atom is 0.292 e. The highest BCUT2D eigenvalue weighted by atomic mass is 35.5. The van der Waals surface area contributed by atoms with E-state index in [2.05, 4.69) is 10.0 Å². The number of fused-ring (bicyclic) bond motifs is 1. The van der Waals surface area contributed by atoms with Gasteiger partial charge in [0.25, 0.3) is 5.69 Å². The van der Waals surface area contributed by atoms with Crippen LogP contribution in [0.15, 0.2) is 41.3 Å². The van der Waals surface area contributed by atoms with Crippen molar-refractivity contribution in [1.29, 1.82) is 0 Å². The zero-order valence-electron chi connectivity index (χ0n) is 15.1. The lowest BCUT2D eigenvalue weighted by atomic mass is 9.95. The van der Waals surface area contributed by atoms with Gasteiger partial charge in [-0.3, -0.25) is 10.1 Å². The molecule has 2 aromatic rings. The molecule has 0 saturated heterocycles. The van der Waals surface area contributed by atoms with Crippen LogP contribution in [0.3, 0.4) is 0 Å². The SMILES string of the molecule is Cc1ccc(C)c(S(=O)(=O)NCC2NCCc3ccccc32)c1[N+](=O)[O-].Cl. The molecule has 0 aromatic heterocycles. The van der Waals surface area contributed by atoms with Gasteiger partial charge >= 0.3 is 0 Å². The molecule has 1 aliphatic heterocycles. The van der Waals surface area contributed by atoms with Gasteiger partial charge < -0.3 is 5.32 Å². The lowest BCUT2D eigenvalue weighted by molar-refractivity contribution is -0.388.